The summed E-state index contributed by atoms with van der Waals surface area (Å²) in [4.78, 5) is 0. The number of nitrogens with zero attached hydrogens (tertiary/aromatic N) is 1. The Balaban J connectivity index is 1.86. The molecule has 1 aromatic heterocycles. The largest absolute Gasteiger partial charge is 0.487 e. The first kappa shape index (κ1) is 13.0. The molecule has 20 heavy (non-hydrogen) atoms. The van der Waals surface area contributed by atoms with Crippen molar-refractivity contribution in [3.8, 4) is 5.75 Å². The van der Waals surface area contributed by atoms with Crippen molar-refractivity contribution < 1.29 is 9.13 Å². The molecule has 3 aromatic rings. The molecule has 0 saturated carbocycles. The molecule has 0 spiro atoms. The highest BCUT2D eigenvalue weighted by Gasteiger charge is 2.07. The van der Waals surface area contributed by atoms with Crippen LogP contribution in [0.1, 0.15) is 5.69 Å². The number of aromatic nitrogens is 1. The molecule has 2 aromatic carbocycles. The highest BCUT2D eigenvalue weighted by atomic mass is 35.5. The topological polar surface area (TPSA) is 14.2 Å². The van der Waals surface area contributed by atoms with Gasteiger partial charge in [-0.1, -0.05) is 17.7 Å². The Bertz CT molecular complexity index is 766. The van der Waals surface area contributed by atoms with Crippen LogP contribution in [0.25, 0.3) is 10.9 Å². The van der Waals surface area contributed by atoms with Gasteiger partial charge in [-0.25, -0.2) is 4.39 Å². The summed E-state index contributed by atoms with van der Waals surface area (Å²) in [6, 6.07) is 14.0. The predicted molar refractivity (Wildman–Crippen MR) is 78.7 cm³/mol. The van der Waals surface area contributed by atoms with Crippen LogP contribution in [-0.4, -0.2) is 4.57 Å². The van der Waals surface area contributed by atoms with Gasteiger partial charge in [0.1, 0.15) is 18.2 Å². The quantitative estimate of drug-likeness (QED) is 0.690. The van der Waals surface area contributed by atoms with Gasteiger partial charge in [0, 0.05) is 23.0 Å². The molecule has 0 radical (unpaired) electrons. The van der Waals surface area contributed by atoms with E-state index in [0.717, 1.165) is 16.6 Å². The molecule has 4 heteroatoms. The van der Waals surface area contributed by atoms with Crippen LogP contribution in [0.2, 0.25) is 5.02 Å². The Kier molecular flexibility index (Phi) is 3.36. The standard InChI is InChI=1S/C16H13ClFNO/c1-19-14(8-11-7-13(18)5-6-16(11)19)10-20-15-4-2-3-12(17)9-15/h2-9H,10H2,1H3. The summed E-state index contributed by atoms with van der Waals surface area (Å²) in [6.45, 7) is 0.410. The number of halogens is 2. The van der Waals surface area contributed by atoms with Gasteiger partial charge in [0.15, 0.2) is 0 Å². The third kappa shape index (κ3) is 2.49. The average molecular weight is 290 g/mol. The fourth-order valence-corrected chi connectivity index (χ4v) is 2.41. The second-order valence-corrected chi connectivity index (χ2v) is 5.08. The molecule has 3 rings (SSSR count). The number of rotatable bonds is 3. The van der Waals surface area contributed by atoms with E-state index in [1.807, 2.05) is 29.8 Å². The van der Waals surface area contributed by atoms with Crippen molar-refractivity contribution in [1.29, 1.82) is 0 Å². The van der Waals surface area contributed by atoms with Gasteiger partial charge in [-0.15, -0.1) is 0 Å². The minimum Gasteiger partial charge on any atom is -0.487 e. The number of fused-ring (bicyclic) bond motifs is 1. The van der Waals surface area contributed by atoms with E-state index >= 15 is 0 Å². The monoisotopic (exact) mass is 289 g/mol. The molecule has 0 aliphatic heterocycles. The Morgan fingerprint density at radius 3 is 2.80 bits per heavy atom. The van der Waals surface area contributed by atoms with Gasteiger partial charge in [-0.05, 0) is 42.5 Å². The van der Waals surface area contributed by atoms with Crippen molar-refractivity contribution in [2.45, 2.75) is 6.61 Å². The smallest absolute Gasteiger partial charge is 0.128 e. The van der Waals surface area contributed by atoms with Gasteiger partial charge < -0.3 is 9.30 Å². The zero-order valence-corrected chi connectivity index (χ0v) is 11.7. The van der Waals surface area contributed by atoms with Gasteiger partial charge in [0.25, 0.3) is 0 Å². The van der Waals surface area contributed by atoms with Gasteiger partial charge in [0.05, 0.1) is 5.69 Å². The van der Waals surface area contributed by atoms with E-state index in [4.69, 9.17) is 16.3 Å². The van der Waals surface area contributed by atoms with Crippen molar-refractivity contribution >= 4 is 22.5 Å². The molecule has 0 atom stereocenters. The summed E-state index contributed by atoms with van der Waals surface area (Å²) in [6.07, 6.45) is 0. The van der Waals surface area contributed by atoms with Crippen LogP contribution in [0.15, 0.2) is 48.5 Å². The Morgan fingerprint density at radius 2 is 2.00 bits per heavy atom. The molecule has 0 N–H and O–H groups in total. The fourth-order valence-electron chi connectivity index (χ4n) is 2.23. The molecule has 2 nitrogen and oxygen atoms in total. The zero-order chi connectivity index (χ0) is 14.1. The van der Waals surface area contributed by atoms with Crippen LogP contribution in [0, 0.1) is 5.82 Å². The summed E-state index contributed by atoms with van der Waals surface area (Å²) < 4.78 is 20.9. The lowest BCUT2D eigenvalue weighted by Crippen LogP contribution is -2.01. The minimum absolute atomic E-state index is 0.231. The van der Waals surface area contributed by atoms with E-state index in [-0.39, 0.29) is 5.82 Å². The van der Waals surface area contributed by atoms with E-state index < -0.39 is 0 Å². The first-order valence-corrected chi connectivity index (χ1v) is 6.63. The van der Waals surface area contributed by atoms with Crippen molar-refractivity contribution in [3.05, 3.63) is 65.1 Å². The third-order valence-corrected chi connectivity index (χ3v) is 3.52. The summed E-state index contributed by atoms with van der Waals surface area (Å²) in [7, 11) is 1.94. The molecule has 0 aliphatic rings. The van der Waals surface area contributed by atoms with E-state index in [1.165, 1.54) is 12.1 Å². The highest BCUT2D eigenvalue weighted by Crippen LogP contribution is 2.22. The molecular formula is C16H13ClFNO. The van der Waals surface area contributed by atoms with E-state index in [2.05, 4.69) is 0 Å². The molecule has 0 saturated heterocycles. The van der Waals surface area contributed by atoms with Crippen molar-refractivity contribution in [1.82, 2.24) is 4.57 Å². The molecule has 102 valence electrons. The van der Waals surface area contributed by atoms with Crippen LogP contribution in [0.3, 0.4) is 0 Å². The second kappa shape index (κ2) is 5.17. The zero-order valence-electron chi connectivity index (χ0n) is 10.9. The van der Waals surface area contributed by atoms with Crippen molar-refractivity contribution in [3.63, 3.8) is 0 Å². The van der Waals surface area contributed by atoms with E-state index in [0.29, 0.717) is 17.4 Å². The number of hydrogen-bond donors (Lipinski definition) is 0. The lowest BCUT2D eigenvalue weighted by Gasteiger charge is -2.07. The van der Waals surface area contributed by atoms with Crippen LogP contribution in [-0.2, 0) is 13.7 Å². The van der Waals surface area contributed by atoms with Gasteiger partial charge >= 0.3 is 0 Å². The van der Waals surface area contributed by atoms with E-state index in [9.17, 15) is 4.39 Å². The summed E-state index contributed by atoms with van der Waals surface area (Å²) >= 11 is 5.91. The van der Waals surface area contributed by atoms with Crippen molar-refractivity contribution in [2.24, 2.45) is 7.05 Å². The summed E-state index contributed by atoms with van der Waals surface area (Å²) in [5.74, 6) is 0.486. The van der Waals surface area contributed by atoms with Gasteiger partial charge in [-0.2, -0.15) is 0 Å². The molecular weight excluding hydrogens is 277 g/mol. The number of benzene rings is 2. The molecule has 0 aliphatic carbocycles. The highest BCUT2D eigenvalue weighted by molar-refractivity contribution is 6.30. The number of aryl methyl sites for hydroxylation is 1. The number of hydrogen-bond acceptors (Lipinski definition) is 1. The van der Waals surface area contributed by atoms with E-state index in [1.54, 1.807) is 18.2 Å². The third-order valence-electron chi connectivity index (χ3n) is 3.29. The molecule has 1 heterocycles. The Labute approximate surface area is 121 Å². The first-order valence-electron chi connectivity index (χ1n) is 6.26. The van der Waals surface area contributed by atoms with Gasteiger partial charge in [-0.3, -0.25) is 0 Å². The summed E-state index contributed by atoms with van der Waals surface area (Å²) in [5, 5.41) is 1.51. The maximum atomic E-state index is 13.2. The Hall–Kier alpha value is -2.00. The molecule has 0 amide bonds. The lowest BCUT2D eigenvalue weighted by atomic mass is 10.2. The van der Waals surface area contributed by atoms with Gasteiger partial charge in [0.2, 0.25) is 0 Å². The second-order valence-electron chi connectivity index (χ2n) is 4.64. The molecule has 0 bridgehead atoms. The predicted octanol–water partition coefficient (Wildman–Crippen LogP) is 4.55. The average Bonchev–Trinajstić information content (AvgIpc) is 2.72. The van der Waals surface area contributed by atoms with Crippen LogP contribution >= 0.6 is 11.6 Å². The molecule has 0 fully saturated rings. The van der Waals surface area contributed by atoms with Crippen LogP contribution in [0.4, 0.5) is 4.39 Å². The minimum atomic E-state index is -0.231. The number of ether oxygens (including phenoxy) is 1. The summed E-state index contributed by atoms with van der Waals surface area (Å²) in [5.41, 5.74) is 1.96. The van der Waals surface area contributed by atoms with Crippen LogP contribution in [0.5, 0.6) is 5.75 Å². The Morgan fingerprint density at radius 1 is 1.15 bits per heavy atom. The lowest BCUT2D eigenvalue weighted by molar-refractivity contribution is 0.298. The fraction of sp³-hybridized carbons (Fsp3) is 0.125. The first-order chi connectivity index (χ1) is 9.63. The maximum absolute atomic E-state index is 13.2. The normalized spacial score (nSPS) is 10.9. The van der Waals surface area contributed by atoms with Crippen molar-refractivity contribution in [2.75, 3.05) is 0 Å². The molecule has 0 unspecified atom stereocenters. The SMILES string of the molecule is Cn1c(COc2cccc(Cl)c2)cc2cc(F)ccc21. The van der Waals surface area contributed by atoms with Crippen LogP contribution < -0.4 is 4.74 Å². The maximum Gasteiger partial charge on any atom is 0.128 e.